The van der Waals surface area contributed by atoms with Crippen molar-refractivity contribution in [3.8, 4) is 0 Å². The van der Waals surface area contributed by atoms with Gasteiger partial charge >= 0.3 is 5.69 Å². The Morgan fingerprint density at radius 2 is 2.00 bits per heavy atom. The van der Waals surface area contributed by atoms with E-state index in [1.807, 2.05) is 4.98 Å². The lowest BCUT2D eigenvalue weighted by molar-refractivity contribution is -0.120. The molecule has 1 heterocycles. The number of carbonyl (C=O) groups is 2. The quantitative estimate of drug-likeness (QED) is 0.415. The number of rotatable bonds is 5. The highest BCUT2D eigenvalue weighted by atomic mass is 19.1. The molecule has 0 saturated carbocycles. The number of amides is 2. The number of hydrogen-bond acceptors (Lipinski definition) is 5. The molecule has 2 aromatic rings. The van der Waals surface area contributed by atoms with Crippen LogP contribution in [-0.2, 0) is 4.79 Å². The van der Waals surface area contributed by atoms with Crippen molar-refractivity contribution in [3.05, 3.63) is 68.2 Å². The van der Waals surface area contributed by atoms with Gasteiger partial charge in [0.2, 0.25) is 0 Å². The van der Waals surface area contributed by atoms with Gasteiger partial charge in [-0.3, -0.25) is 19.4 Å². The molecule has 0 unspecified atom stereocenters. The highest BCUT2D eigenvalue weighted by molar-refractivity contribution is 5.96. The SMILES string of the molecule is O=C(CNC(=O)c1cccc(F)c1)N/N=C/c1cc(=O)[nH]c(=O)[nH]1. The number of benzene rings is 1. The summed E-state index contributed by atoms with van der Waals surface area (Å²) in [6, 6.07) is 6.07. The first-order valence-corrected chi connectivity index (χ1v) is 6.63. The number of carbonyl (C=O) groups excluding carboxylic acids is 2. The van der Waals surface area contributed by atoms with Crippen LogP contribution in [0.4, 0.5) is 4.39 Å². The maximum atomic E-state index is 13.0. The molecule has 0 radical (unpaired) electrons. The second kappa shape index (κ2) is 7.63. The van der Waals surface area contributed by atoms with Crippen LogP contribution in [0.3, 0.4) is 0 Å². The summed E-state index contributed by atoms with van der Waals surface area (Å²) in [6.07, 6.45) is 1.06. The van der Waals surface area contributed by atoms with Crippen molar-refractivity contribution >= 4 is 18.0 Å². The first-order valence-electron chi connectivity index (χ1n) is 6.63. The third-order valence-electron chi connectivity index (χ3n) is 2.67. The summed E-state index contributed by atoms with van der Waals surface area (Å²) in [5.41, 5.74) is 0.935. The number of halogens is 1. The fraction of sp³-hybridized carbons (Fsp3) is 0.0714. The normalized spacial score (nSPS) is 10.5. The third-order valence-corrected chi connectivity index (χ3v) is 2.67. The third kappa shape index (κ3) is 5.02. The van der Waals surface area contributed by atoms with Gasteiger partial charge in [-0.15, -0.1) is 0 Å². The smallest absolute Gasteiger partial charge is 0.326 e. The number of aromatic nitrogens is 2. The maximum absolute atomic E-state index is 13.0. The molecular weight excluding hydrogens is 321 g/mol. The van der Waals surface area contributed by atoms with Crippen molar-refractivity contribution < 1.29 is 14.0 Å². The van der Waals surface area contributed by atoms with Gasteiger partial charge in [-0.05, 0) is 18.2 Å². The van der Waals surface area contributed by atoms with E-state index in [-0.39, 0.29) is 11.3 Å². The Labute approximate surface area is 133 Å². The van der Waals surface area contributed by atoms with Gasteiger partial charge in [0, 0.05) is 11.6 Å². The minimum Gasteiger partial charge on any atom is -0.343 e. The van der Waals surface area contributed by atoms with E-state index in [4.69, 9.17) is 0 Å². The molecule has 2 rings (SSSR count). The van der Waals surface area contributed by atoms with Crippen molar-refractivity contribution in [2.45, 2.75) is 0 Å². The number of H-pyrrole nitrogens is 2. The highest BCUT2D eigenvalue weighted by Gasteiger charge is 2.08. The molecule has 0 aliphatic heterocycles. The molecule has 1 aromatic heterocycles. The topological polar surface area (TPSA) is 136 Å². The van der Waals surface area contributed by atoms with Crippen molar-refractivity contribution in [2.75, 3.05) is 6.54 Å². The summed E-state index contributed by atoms with van der Waals surface area (Å²) < 4.78 is 13.0. The van der Waals surface area contributed by atoms with Crippen LogP contribution in [-0.4, -0.2) is 34.5 Å². The van der Waals surface area contributed by atoms with Crippen LogP contribution in [0.1, 0.15) is 16.1 Å². The van der Waals surface area contributed by atoms with Gasteiger partial charge in [0.1, 0.15) is 5.82 Å². The Morgan fingerprint density at radius 1 is 1.21 bits per heavy atom. The lowest BCUT2D eigenvalue weighted by atomic mass is 10.2. The van der Waals surface area contributed by atoms with E-state index in [1.165, 1.54) is 18.2 Å². The van der Waals surface area contributed by atoms with Crippen LogP contribution in [0.25, 0.3) is 0 Å². The van der Waals surface area contributed by atoms with Crippen LogP contribution in [0.15, 0.2) is 45.0 Å². The zero-order valence-corrected chi connectivity index (χ0v) is 12.1. The molecule has 1 aromatic carbocycles. The molecule has 24 heavy (non-hydrogen) atoms. The van der Waals surface area contributed by atoms with Crippen molar-refractivity contribution in [3.63, 3.8) is 0 Å². The Balaban J connectivity index is 1.85. The molecular formula is C14H12FN5O4. The second-order valence-electron chi connectivity index (χ2n) is 4.53. The summed E-state index contributed by atoms with van der Waals surface area (Å²) >= 11 is 0. The Kier molecular flexibility index (Phi) is 5.34. The molecule has 0 aliphatic carbocycles. The lowest BCUT2D eigenvalue weighted by Crippen LogP contribution is -2.35. The van der Waals surface area contributed by atoms with E-state index >= 15 is 0 Å². The summed E-state index contributed by atoms with van der Waals surface area (Å²) in [7, 11) is 0. The Bertz CT molecular complexity index is 874. The van der Waals surface area contributed by atoms with Crippen LogP contribution in [0.2, 0.25) is 0 Å². The van der Waals surface area contributed by atoms with Crippen LogP contribution >= 0.6 is 0 Å². The highest BCUT2D eigenvalue weighted by Crippen LogP contribution is 2.02. The fourth-order valence-corrected chi connectivity index (χ4v) is 1.66. The summed E-state index contributed by atoms with van der Waals surface area (Å²) in [5.74, 6) is -1.83. The van der Waals surface area contributed by atoms with Gasteiger partial charge in [0.25, 0.3) is 17.4 Å². The van der Waals surface area contributed by atoms with Gasteiger partial charge in [-0.2, -0.15) is 5.10 Å². The molecule has 4 N–H and O–H groups in total. The molecule has 2 amide bonds. The molecule has 10 heteroatoms. The van der Waals surface area contributed by atoms with Crippen molar-refractivity contribution in [2.24, 2.45) is 5.10 Å². The largest absolute Gasteiger partial charge is 0.343 e. The van der Waals surface area contributed by atoms with E-state index in [1.54, 1.807) is 0 Å². The molecule has 0 fully saturated rings. The van der Waals surface area contributed by atoms with Crippen LogP contribution in [0, 0.1) is 5.82 Å². The number of nitrogens with one attached hydrogen (secondary N) is 4. The maximum Gasteiger partial charge on any atom is 0.326 e. The predicted molar refractivity (Wildman–Crippen MR) is 82.2 cm³/mol. The monoisotopic (exact) mass is 333 g/mol. The molecule has 0 aliphatic rings. The number of nitrogens with zero attached hydrogens (tertiary/aromatic N) is 1. The van der Waals surface area contributed by atoms with Crippen LogP contribution in [0.5, 0.6) is 0 Å². The first kappa shape index (κ1) is 16.8. The standard InChI is InChI=1S/C14H12FN5O4/c15-9-3-1-2-8(4-9)13(23)16-7-12(22)20-17-6-10-5-11(21)19-14(24)18-10/h1-6H,7H2,(H,16,23)(H,20,22)(H2,18,19,21,24)/b17-6+. The molecule has 0 saturated heterocycles. The van der Waals surface area contributed by atoms with E-state index < -0.39 is 35.4 Å². The zero-order chi connectivity index (χ0) is 17.5. The summed E-state index contributed by atoms with van der Waals surface area (Å²) in [5, 5.41) is 5.82. The Morgan fingerprint density at radius 3 is 2.71 bits per heavy atom. The molecule has 0 bridgehead atoms. The van der Waals surface area contributed by atoms with Gasteiger partial charge in [-0.1, -0.05) is 6.07 Å². The number of hydrazone groups is 1. The fourth-order valence-electron chi connectivity index (χ4n) is 1.66. The summed E-state index contributed by atoms with van der Waals surface area (Å²) in [4.78, 5) is 49.5. The van der Waals surface area contributed by atoms with Gasteiger partial charge < -0.3 is 10.3 Å². The second-order valence-corrected chi connectivity index (χ2v) is 4.53. The van der Waals surface area contributed by atoms with E-state index in [0.29, 0.717) is 0 Å². The average Bonchev–Trinajstić information content (AvgIpc) is 2.51. The average molecular weight is 333 g/mol. The summed E-state index contributed by atoms with van der Waals surface area (Å²) in [6.45, 7) is -0.390. The van der Waals surface area contributed by atoms with Crippen LogP contribution < -0.4 is 22.0 Å². The van der Waals surface area contributed by atoms with Crippen molar-refractivity contribution in [1.82, 2.24) is 20.7 Å². The molecule has 124 valence electrons. The number of aromatic amines is 2. The predicted octanol–water partition coefficient (Wildman–Crippen LogP) is -0.918. The van der Waals surface area contributed by atoms with Gasteiger partial charge in [0.15, 0.2) is 0 Å². The van der Waals surface area contributed by atoms with E-state index in [9.17, 15) is 23.6 Å². The van der Waals surface area contributed by atoms with E-state index in [0.717, 1.165) is 18.3 Å². The minimum atomic E-state index is -0.711. The minimum absolute atomic E-state index is 0.0763. The molecule has 9 nitrogen and oxygen atoms in total. The Hall–Kier alpha value is -3.56. The van der Waals surface area contributed by atoms with E-state index in [2.05, 4.69) is 20.8 Å². The number of hydrogen-bond donors (Lipinski definition) is 4. The first-order chi connectivity index (χ1) is 11.4. The molecule has 0 atom stereocenters. The zero-order valence-electron chi connectivity index (χ0n) is 12.1. The van der Waals surface area contributed by atoms with Gasteiger partial charge in [0.05, 0.1) is 18.5 Å². The molecule has 0 spiro atoms. The van der Waals surface area contributed by atoms with Crippen molar-refractivity contribution in [1.29, 1.82) is 0 Å². The lowest BCUT2D eigenvalue weighted by Gasteiger charge is -2.04. The van der Waals surface area contributed by atoms with Gasteiger partial charge in [-0.25, -0.2) is 14.6 Å².